The molecule has 0 radical (unpaired) electrons. The molecule has 1 aliphatic heterocycles. The van der Waals surface area contributed by atoms with Crippen LogP contribution in [0.4, 0.5) is 10.5 Å². The Kier molecular flexibility index (Phi) is 7.34. The molecule has 4 aromatic carbocycles. The van der Waals surface area contributed by atoms with Crippen LogP contribution >= 0.6 is 11.6 Å². The van der Waals surface area contributed by atoms with Crippen LogP contribution < -0.4 is 19.7 Å². The molecule has 1 heterocycles. The number of imide groups is 2. The number of aryl methyl sites for hydroxylation is 1. The van der Waals surface area contributed by atoms with Crippen molar-refractivity contribution in [1.82, 2.24) is 5.32 Å². The quantitative estimate of drug-likeness (QED) is 0.215. The van der Waals surface area contributed by atoms with Gasteiger partial charge in [0.2, 0.25) is 0 Å². The normalized spacial score (nSPS) is 14.6. The average Bonchev–Trinajstić information content (AvgIpc) is 2.92. The summed E-state index contributed by atoms with van der Waals surface area (Å²) in [4.78, 5) is 39.3. The fourth-order valence-corrected chi connectivity index (χ4v) is 4.53. The second kappa shape index (κ2) is 11.0. The number of amides is 4. The summed E-state index contributed by atoms with van der Waals surface area (Å²) in [6.45, 7) is 4.39. The molecule has 5 rings (SSSR count). The van der Waals surface area contributed by atoms with Crippen molar-refractivity contribution in [3.8, 4) is 11.5 Å². The van der Waals surface area contributed by atoms with Crippen LogP contribution in [0.2, 0.25) is 5.02 Å². The van der Waals surface area contributed by atoms with E-state index in [1.165, 1.54) is 12.1 Å². The van der Waals surface area contributed by atoms with Crippen LogP contribution in [0, 0.1) is 6.92 Å². The maximum atomic E-state index is 13.3. The van der Waals surface area contributed by atoms with Crippen LogP contribution in [0.5, 0.6) is 11.5 Å². The number of nitrogens with zero attached hydrogens (tertiary/aromatic N) is 1. The number of barbiturate groups is 1. The minimum Gasteiger partial charge on any atom is -0.490 e. The SMILES string of the molecule is CCOc1cc(/C=C2/C(=O)NC(=O)N(c3ccc(C)c(Cl)c3)C2=O)ccc1OCc1cccc2ccccc12. The number of benzene rings is 4. The molecule has 0 atom stereocenters. The van der Waals surface area contributed by atoms with Crippen molar-refractivity contribution in [2.45, 2.75) is 20.5 Å². The third kappa shape index (κ3) is 5.35. The van der Waals surface area contributed by atoms with E-state index < -0.39 is 17.8 Å². The predicted octanol–water partition coefficient (Wildman–Crippen LogP) is 6.45. The molecule has 1 saturated heterocycles. The van der Waals surface area contributed by atoms with Gasteiger partial charge in [-0.05, 0) is 71.7 Å². The van der Waals surface area contributed by atoms with Gasteiger partial charge in [0, 0.05) is 5.02 Å². The molecular weight excluding hydrogens is 516 g/mol. The predicted molar refractivity (Wildman–Crippen MR) is 151 cm³/mol. The highest BCUT2D eigenvalue weighted by Crippen LogP contribution is 2.32. The summed E-state index contributed by atoms with van der Waals surface area (Å²) in [5.41, 5.74) is 2.43. The number of hydrogen-bond acceptors (Lipinski definition) is 5. The number of carbonyl (C=O) groups excluding carboxylic acids is 3. The van der Waals surface area contributed by atoms with Gasteiger partial charge in [-0.2, -0.15) is 0 Å². The van der Waals surface area contributed by atoms with Gasteiger partial charge in [-0.3, -0.25) is 14.9 Å². The maximum Gasteiger partial charge on any atom is 0.335 e. The van der Waals surface area contributed by atoms with E-state index in [1.807, 2.05) is 38.1 Å². The zero-order valence-corrected chi connectivity index (χ0v) is 22.1. The monoisotopic (exact) mass is 540 g/mol. The molecule has 1 aliphatic rings. The van der Waals surface area contributed by atoms with Gasteiger partial charge in [-0.1, -0.05) is 66.2 Å². The number of ether oxygens (including phenoxy) is 2. The number of anilines is 1. The zero-order valence-electron chi connectivity index (χ0n) is 21.4. The first-order valence-corrected chi connectivity index (χ1v) is 12.8. The van der Waals surface area contributed by atoms with Gasteiger partial charge in [-0.25, -0.2) is 9.69 Å². The lowest BCUT2D eigenvalue weighted by molar-refractivity contribution is -0.122. The summed E-state index contributed by atoms with van der Waals surface area (Å²) in [5.74, 6) is -0.543. The van der Waals surface area contributed by atoms with Crippen molar-refractivity contribution in [3.63, 3.8) is 0 Å². The first kappa shape index (κ1) is 26.0. The van der Waals surface area contributed by atoms with E-state index in [9.17, 15) is 14.4 Å². The summed E-state index contributed by atoms with van der Waals surface area (Å²) in [7, 11) is 0. The summed E-state index contributed by atoms with van der Waals surface area (Å²) in [6.07, 6.45) is 1.42. The smallest absolute Gasteiger partial charge is 0.335 e. The Morgan fingerprint density at radius 3 is 2.49 bits per heavy atom. The van der Waals surface area contributed by atoms with Crippen molar-refractivity contribution < 1.29 is 23.9 Å². The highest BCUT2D eigenvalue weighted by molar-refractivity contribution is 6.39. The number of rotatable bonds is 7. The van der Waals surface area contributed by atoms with Crippen LogP contribution in [-0.4, -0.2) is 24.5 Å². The number of fused-ring (bicyclic) bond motifs is 1. The third-order valence-electron chi connectivity index (χ3n) is 6.36. The topological polar surface area (TPSA) is 84.9 Å². The Morgan fingerprint density at radius 1 is 0.897 bits per heavy atom. The fraction of sp³-hybridized carbons (Fsp3) is 0.129. The lowest BCUT2D eigenvalue weighted by atomic mass is 10.1. The zero-order chi connectivity index (χ0) is 27.5. The van der Waals surface area contributed by atoms with Gasteiger partial charge in [0.1, 0.15) is 12.2 Å². The van der Waals surface area contributed by atoms with Crippen LogP contribution in [-0.2, 0) is 16.2 Å². The van der Waals surface area contributed by atoms with Crippen molar-refractivity contribution >= 4 is 52.0 Å². The first-order chi connectivity index (χ1) is 18.9. The Morgan fingerprint density at radius 2 is 1.69 bits per heavy atom. The first-order valence-electron chi connectivity index (χ1n) is 12.4. The Labute approximate surface area is 230 Å². The largest absolute Gasteiger partial charge is 0.490 e. The van der Waals surface area contributed by atoms with Crippen molar-refractivity contribution in [2.24, 2.45) is 0 Å². The third-order valence-corrected chi connectivity index (χ3v) is 6.76. The highest BCUT2D eigenvalue weighted by atomic mass is 35.5. The molecule has 0 saturated carbocycles. The van der Waals surface area contributed by atoms with Gasteiger partial charge in [0.25, 0.3) is 11.8 Å². The number of hydrogen-bond donors (Lipinski definition) is 1. The number of carbonyl (C=O) groups is 3. The van der Waals surface area contributed by atoms with Crippen LogP contribution in [0.1, 0.15) is 23.6 Å². The van der Waals surface area contributed by atoms with Crippen molar-refractivity contribution in [2.75, 3.05) is 11.5 Å². The number of nitrogens with one attached hydrogen (secondary N) is 1. The second-order valence-electron chi connectivity index (χ2n) is 8.96. The number of halogens is 1. The van der Waals surface area contributed by atoms with E-state index in [0.717, 1.165) is 26.8 Å². The molecule has 4 amide bonds. The minimum atomic E-state index is -0.839. The molecule has 7 nitrogen and oxygen atoms in total. The maximum absolute atomic E-state index is 13.3. The molecule has 0 aliphatic carbocycles. The van der Waals surface area contributed by atoms with Gasteiger partial charge in [0.05, 0.1) is 12.3 Å². The second-order valence-corrected chi connectivity index (χ2v) is 9.36. The molecular formula is C31H25ClN2O5. The molecule has 196 valence electrons. The highest BCUT2D eigenvalue weighted by Gasteiger charge is 2.37. The molecule has 39 heavy (non-hydrogen) atoms. The number of urea groups is 1. The summed E-state index contributed by atoms with van der Waals surface area (Å²) < 4.78 is 11.9. The standard InChI is InChI=1S/C31H25ClN2O5/c1-3-38-28-16-20(12-14-27(28)39-18-22-9-6-8-21-7-4-5-10-24(21)22)15-25-29(35)33-31(37)34(30(25)36)23-13-11-19(2)26(32)17-23/h4-17H,3,18H2,1-2H3,(H,33,35,37)/b25-15-. The molecule has 0 aromatic heterocycles. The van der Waals surface area contributed by atoms with Crippen molar-refractivity contribution in [3.05, 3.63) is 106 Å². The van der Waals surface area contributed by atoms with Crippen LogP contribution in [0.25, 0.3) is 16.8 Å². The molecule has 0 unspecified atom stereocenters. The summed E-state index contributed by atoms with van der Waals surface area (Å²) >= 11 is 6.20. The summed E-state index contributed by atoms with van der Waals surface area (Å²) in [6, 6.07) is 23.3. The van der Waals surface area contributed by atoms with Crippen LogP contribution in [0.15, 0.2) is 84.4 Å². The fourth-order valence-electron chi connectivity index (χ4n) is 4.36. The Hall–Kier alpha value is -4.62. The van der Waals surface area contributed by atoms with E-state index in [2.05, 4.69) is 23.5 Å². The summed E-state index contributed by atoms with van der Waals surface area (Å²) in [5, 5.41) is 4.86. The average molecular weight is 541 g/mol. The molecule has 0 bridgehead atoms. The van der Waals surface area contributed by atoms with Crippen molar-refractivity contribution in [1.29, 1.82) is 0 Å². The molecule has 8 heteroatoms. The van der Waals surface area contributed by atoms with E-state index in [1.54, 1.807) is 30.3 Å². The van der Waals surface area contributed by atoms with Crippen LogP contribution in [0.3, 0.4) is 0 Å². The van der Waals surface area contributed by atoms with E-state index in [-0.39, 0.29) is 11.3 Å². The van der Waals surface area contributed by atoms with E-state index in [0.29, 0.717) is 35.3 Å². The molecule has 1 N–H and O–H groups in total. The Balaban J connectivity index is 1.43. The van der Waals surface area contributed by atoms with E-state index >= 15 is 0 Å². The molecule has 1 fully saturated rings. The lowest BCUT2D eigenvalue weighted by Gasteiger charge is -2.26. The Bertz CT molecular complexity index is 1640. The van der Waals surface area contributed by atoms with E-state index in [4.69, 9.17) is 21.1 Å². The van der Waals surface area contributed by atoms with Gasteiger partial charge in [-0.15, -0.1) is 0 Å². The van der Waals surface area contributed by atoms with Gasteiger partial charge in [0.15, 0.2) is 11.5 Å². The van der Waals surface area contributed by atoms with Gasteiger partial charge < -0.3 is 9.47 Å². The lowest BCUT2D eigenvalue weighted by Crippen LogP contribution is -2.54. The van der Waals surface area contributed by atoms with Gasteiger partial charge >= 0.3 is 6.03 Å². The minimum absolute atomic E-state index is 0.196. The molecule has 0 spiro atoms. The molecule has 4 aromatic rings.